The van der Waals surface area contributed by atoms with Crippen LogP contribution in [0.5, 0.6) is 0 Å². The Labute approximate surface area is 313 Å². The fourth-order valence-corrected chi connectivity index (χ4v) is 8.70. The van der Waals surface area contributed by atoms with Crippen LogP contribution in [-0.2, 0) is 5.41 Å². The van der Waals surface area contributed by atoms with Crippen molar-refractivity contribution in [2.45, 2.75) is 19.3 Å². The fourth-order valence-electron chi connectivity index (χ4n) is 8.70. The van der Waals surface area contributed by atoms with Crippen LogP contribution in [-0.4, -0.2) is 19.5 Å². The van der Waals surface area contributed by atoms with E-state index < -0.39 is 0 Å². The van der Waals surface area contributed by atoms with Gasteiger partial charge in [-0.15, -0.1) is 0 Å². The van der Waals surface area contributed by atoms with Crippen LogP contribution >= 0.6 is 0 Å². The highest BCUT2D eigenvalue weighted by atomic mass is 15.2. The van der Waals surface area contributed by atoms with Crippen molar-refractivity contribution < 1.29 is 0 Å². The number of fused-ring (bicyclic) bond motifs is 8. The van der Waals surface area contributed by atoms with Crippen molar-refractivity contribution in [3.05, 3.63) is 181 Å². The molecule has 2 heterocycles. The van der Waals surface area contributed by atoms with Crippen LogP contribution < -0.4 is 0 Å². The van der Waals surface area contributed by atoms with Gasteiger partial charge < -0.3 is 0 Å². The van der Waals surface area contributed by atoms with Crippen molar-refractivity contribution in [2.75, 3.05) is 0 Å². The number of rotatable bonds is 4. The molecule has 0 fully saturated rings. The molecule has 0 spiro atoms. The van der Waals surface area contributed by atoms with Crippen molar-refractivity contribution in [1.82, 2.24) is 19.5 Å². The van der Waals surface area contributed by atoms with Crippen LogP contribution in [0.25, 0.3) is 94.3 Å². The molecule has 0 saturated heterocycles. The van der Waals surface area contributed by atoms with E-state index in [-0.39, 0.29) is 5.41 Å². The molecule has 4 nitrogen and oxygen atoms in total. The molecular weight excluding hydrogens is 657 g/mol. The molecule has 0 atom stereocenters. The summed E-state index contributed by atoms with van der Waals surface area (Å²) in [5, 5.41) is 7.01. The van der Waals surface area contributed by atoms with Gasteiger partial charge in [0, 0.05) is 32.9 Å². The van der Waals surface area contributed by atoms with E-state index in [9.17, 15) is 0 Å². The van der Waals surface area contributed by atoms with E-state index in [1.807, 2.05) is 18.2 Å². The number of benzene rings is 8. The predicted molar refractivity (Wildman–Crippen MR) is 223 cm³/mol. The summed E-state index contributed by atoms with van der Waals surface area (Å²) in [6.07, 6.45) is 0. The number of nitrogens with zero attached hydrogens (tertiary/aromatic N) is 4. The first kappa shape index (κ1) is 30.7. The van der Waals surface area contributed by atoms with E-state index >= 15 is 0 Å². The molecule has 254 valence electrons. The van der Waals surface area contributed by atoms with Crippen molar-refractivity contribution in [3.63, 3.8) is 0 Å². The zero-order chi connectivity index (χ0) is 36.0. The van der Waals surface area contributed by atoms with Crippen LogP contribution in [0.15, 0.2) is 170 Å². The SMILES string of the molecule is CC1(C)c2ccccc2-c2ccc(-c3cccc4c5cc6ccccc6cc5n(-c5nc(-c6ccccc6)nc(-c6ccc7ccccc7c6)n5)c34)cc21. The molecule has 54 heavy (non-hydrogen) atoms. The molecule has 1 aliphatic rings. The average molecular weight is 691 g/mol. The van der Waals surface area contributed by atoms with E-state index in [0.29, 0.717) is 17.6 Å². The van der Waals surface area contributed by atoms with Crippen molar-refractivity contribution in [3.8, 4) is 51.0 Å². The van der Waals surface area contributed by atoms with Gasteiger partial charge in [0.05, 0.1) is 11.0 Å². The van der Waals surface area contributed by atoms with E-state index in [0.717, 1.165) is 43.9 Å². The van der Waals surface area contributed by atoms with Crippen LogP contribution in [0.1, 0.15) is 25.0 Å². The maximum atomic E-state index is 5.34. The second-order valence-corrected chi connectivity index (χ2v) is 14.9. The maximum Gasteiger partial charge on any atom is 0.238 e. The van der Waals surface area contributed by atoms with Crippen LogP contribution in [0.3, 0.4) is 0 Å². The Bertz CT molecular complexity index is 3140. The molecule has 0 bridgehead atoms. The largest absolute Gasteiger partial charge is 0.277 e. The maximum absolute atomic E-state index is 5.34. The van der Waals surface area contributed by atoms with Gasteiger partial charge in [-0.1, -0.05) is 159 Å². The first-order valence-corrected chi connectivity index (χ1v) is 18.5. The first-order chi connectivity index (χ1) is 26.5. The summed E-state index contributed by atoms with van der Waals surface area (Å²) in [5.41, 5.74) is 11.5. The van der Waals surface area contributed by atoms with Crippen LogP contribution in [0, 0.1) is 0 Å². The lowest BCUT2D eigenvalue weighted by molar-refractivity contribution is 0.660. The summed E-state index contributed by atoms with van der Waals surface area (Å²) in [5.74, 6) is 1.85. The number of aromatic nitrogens is 4. The molecule has 0 radical (unpaired) electrons. The Morgan fingerprint density at radius 2 is 1.04 bits per heavy atom. The predicted octanol–water partition coefficient (Wildman–Crippen LogP) is 12.6. The summed E-state index contributed by atoms with van der Waals surface area (Å²) in [6, 6.07) is 60.8. The van der Waals surface area contributed by atoms with Gasteiger partial charge >= 0.3 is 0 Å². The number of para-hydroxylation sites is 1. The minimum absolute atomic E-state index is 0.117. The van der Waals surface area contributed by atoms with Gasteiger partial charge in [-0.2, -0.15) is 9.97 Å². The lowest BCUT2D eigenvalue weighted by Crippen LogP contribution is -2.14. The second-order valence-electron chi connectivity index (χ2n) is 14.9. The molecule has 0 aliphatic heterocycles. The third-order valence-electron chi connectivity index (χ3n) is 11.4. The van der Waals surface area contributed by atoms with Crippen LogP contribution in [0.2, 0.25) is 0 Å². The molecule has 0 unspecified atom stereocenters. The van der Waals surface area contributed by atoms with Crippen molar-refractivity contribution >= 4 is 43.4 Å². The van der Waals surface area contributed by atoms with Gasteiger partial charge in [-0.3, -0.25) is 4.57 Å². The third-order valence-corrected chi connectivity index (χ3v) is 11.4. The highest BCUT2D eigenvalue weighted by Gasteiger charge is 2.35. The molecular formula is C50H34N4. The summed E-state index contributed by atoms with van der Waals surface area (Å²) in [6.45, 7) is 4.68. The van der Waals surface area contributed by atoms with Gasteiger partial charge in [-0.25, -0.2) is 4.98 Å². The number of hydrogen-bond donors (Lipinski definition) is 0. The summed E-state index contributed by atoms with van der Waals surface area (Å²) in [4.78, 5) is 15.8. The Morgan fingerprint density at radius 1 is 0.407 bits per heavy atom. The lowest BCUT2D eigenvalue weighted by Gasteiger charge is -2.22. The standard InChI is InChI=1S/C50H34N4/c1-50(2)43-22-11-10-19-39(43)40-26-25-36(29-44(40)50)38-20-12-21-41-42-28-34-17-8-9-18-35(34)30-45(42)54(46(38)41)49-52-47(32-14-4-3-5-15-32)51-48(53-49)37-24-23-31-13-6-7-16-33(31)27-37/h3-30H,1-2H3. The Kier molecular flexibility index (Phi) is 6.56. The minimum atomic E-state index is -0.117. The van der Waals surface area contributed by atoms with Gasteiger partial charge in [0.15, 0.2) is 11.6 Å². The normalized spacial score (nSPS) is 13.1. The molecule has 4 heteroatoms. The summed E-state index contributed by atoms with van der Waals surface area (Å²) in [7, 11) is 0. The molecule has 2 aromatic heterocycles. The highest BCUT2D eigenvalue weighted by Crippen LogP contribution is 2.50. The highest BCUT2D eigenvalue weighted by molar-refractivity contribution is 6.17. The summed E-state index contributed by atoms with van der Waals surface area (Å²) < 4.78 is 2.28. The van der Waals surface area contributed by atoms with E-state index in [1.165, 1.54) is 44.0 Å². The Hall–Kier alpha value is -6.91. The molecule has 1 aliphatic carbocycles. The Morgan fingerprint density at radius 3 is 1.85 bits per heavy atom. The van der Waals surface area contributed by atoms with Crippen molar-refractivity contribution in [2.24, 2.45) is 0 Å². The zero-order valence-electron chi connectivity index (χ0n) is 30.0. The van der Waals surface area contributed by atoms with E-state index in [2.05, 4.69) is 170 Å². The zero-order valence-corrected chi connectivity index (χ0v) is 30.0. The first-order valence-electron chi connectivity index (χ1n) is 18.5. The fraction of sp³-hybridized carbons (Fsp3) is 0.0600. The van der Waals surface area contributed by atoms with Gasteiger partial charge in [-0.05, 0) is 73.6 Å². The molecule has 8 aromatic carbocycles. The molecule has 0 amide bonds. The quantitative estimate of drug-likeness (QED) is 0.185. The Balaban J connectivity index is 1.22. The molecule has 0 N–H and O–H groups in total. The number of hydrogen-bond acceptors (Lipinski definition) is 3. The second kappa shape index (κ2) is 11.5. The molecule has 0 saturated carbocycles. The van der Waals surface area contributed by atoms with Gasteiger partial charge in [0.1, 0.15) is 0 Å². The lowest BCUT2D eigenvalue weighted by atomic mass is 9.81. The van der Waals surface area contributed by atoms with Crippen LogP contribution in [0.4, 0.5) is 0 Å². The topological polar surface area (TPSA) is 43.6 Å². The molecule has 11 rings (SSSR count). The van der Waals surface area contributed by atoms with Gasteiger partial charge in [0.2, 0.25) is 5.95 Å². The molecule has 10 aromatic rings. The van der Waals surface area contributed by atoms with Crippen molar-refractivity contribution in [1.29, 1.82) is 0 Å². The summed E-state index contributed by atoms with van der Waals surface area (Å²) >= 11 is 0. The third kappa shape index (κ3) is 4.60. The van der Waals surface area contributed by atoms with Gasteiger partial charge in [0.25, 0.3) is 0 Å². The monoisotopic (exact) mass is 690 g/mol. The average Bonchev–Trinajstić information content (AvgIpc) is 3.67. The minimum Gasteiger partial charge on any atom is -0.277 e. The van der Waals surface area contributed by atoms with E-state index in [4.69, 9.17) is 15.0 Å². The smallest absolute Gasteiger partial charge is 0.238 e. The van der Waals surface area contributed by atoms with E-state index in [1.54, 1.807) is 0 Å².